The first kappa shape index (κ1) is 18.4. The van der Waals surface area contributed by atoms with Gasteiger partial charge in [-0.1, -0.05) is 13.8 Å². The summed E-state index contributed by atoms with van der Waals surface area (Å²) in [6, 6.07) is 0. The molecule has 2 N–H and O–H groups in total. The Kier molecular flexibility index (Phi) is 4.79. The van der Waals surface area contributed by atoms with Gasteiger partial charge in [0.1, 0.15) is 16.6 Å². The van der Waals surface area contributed by atoms with Gasteiger partial charge in [-0.15, -0.1) is 0 Å². The van der Waals surface area contributed by atoms with E-state index in [1.54, 1.807) is 15.6 Å². The zero-order valence-electron chi connectivity index (χ0n) is 15.4. The molecule has 1 saturated heterocycles. The van der Waals surface area contributed by atoms with E-state index in [1.165, 1.54) is 6.20 Å². The van der Waals surface area contributed by atoms with Crippen molar-refractivity contribution >= 4 is 17.5 Å². The summed E-state index contributed by atoms with van der Waals surface area (Å²) in [6.45, 7) is 4.38. The largest absolute Gasteiger partial charge is 0.481 e. The Morgan fingerprint density at radius 2 is 2.12 bits per heavy atom. The summed E-state index contributed by atoms with van der Waals surface area (Å²) < 4.78 is 3.43. The van der Waals surface area contributed by atoms with Crippen molar-refractivity contribution in [3.8, 4) is 0 Å². The Balaban J connectivity index is 1.89. The standard InChI is InChI=1S/C18H26N4O4/c1-12(2)4-6-18(17(25)26)11-21(7-5-14(18)23)16(24)13-10-19-22-9-8-20(3)15(13)22/h8-10,12,14,23H,4-7,11H2,1-3H3,(H,25,26)/t14-,18+/m0/s1. The molecule has 8 heteroatoms. The van der Waals surface area contributed by atoms with Crippen LogP contribution in [0.25, 0.3) is 5.65 Å². The summed E-state index contributed by atoms with van der Waals surface area (Å²) in [6.07, 6.45) is 5.41. The number of aliphatic carboxylic acids is 1. The Hall–Kier alpha value is -2.35. The molecule has 2 aromatic heterocycles. The number of nitrogens with zero attached hydrogens (tertiary/aromatic N) is 4. The summed E-state index contributed by atoms with van der Waals surface area (Å²) >= 11 is 0. The number of likely N-dealkylation sites (tertiary alicyclic amines) is 1. The first-order valence-electron chi connectivity index (χ1n) is 8.95. The zero-order chi connectivity index (χ0) is 19.1. The lowest BCUT2D eigenvalue weighted by molar-refractivity contribution is -0.163. The van der Waals surface area contributed by atoms with Gasteiger partial charge in [0, 0.05) is 32.5 Å². The molecule has 26 heavy (non-hydrogen) atoms. The molecule has 1 amide bonds. The van der Waals surface area contributed by atoms with Gasteiger partial charge in [0.25, 0.3) is 5.91 Å². The number of carbonyl (C=O) groups is 2. The van der Waals surface area contributed by atoms with Gasteiger partial charge in [-0.3, -0.25) is 9.59 Å². The zero-order valence-corrected chi connectivity index (χ0v) is 15.4. The fourth-order valence-corrected chi connectivity index (χ4v) is 3.73. The smallest absolute Gasteiger partial charge is 0.314 e. The van der Waals surface area contributed by atoms with Gasteiger partial charge >= 0.3 is 5.97 Å². The maximum absolute atomic E-state index is 13.1. The van der Waals surface area contributed by atoms with Gasteiger partial charge in [-0.25, -0.2) is 4.52 Å². The molecule has 2 atom stereocenters. The summed E-state index contributed by atoms with van der Waals surface area (Å²) in [5, 5.41) is 24.5. The highest BCUT2D eigenvalue weighted by molar-refractivity contribution is 6.00. The van der Waals surface area contributed by atoms with Gasteiger partial charge in [-0.2, -0.15) is 5.10 Å². The third-order valence-electron chi connectivity index (χ3n) is 5.43. The number of hydrogen-bond donors (Lipinski definition) is 2. The maximum Gasteiger partial charge on any atom is 0.314 e. The number of aliphatic hydroxyl groups is 1. The number of carboxylic acids is 1. The van der Waals surface area contributed by atoms with Crippen LogP contribution in [0.5, 0.6) is 0 Å². The molecule has 3 rings (SSSR count). The fraction of sp³-hybridized carbons (Fsp3) is 0.611. The van der Waals surface area contributed by atoms with Gasteiger partial charge in [0.15, 0.2) is 0 Å². The number of aromatic nitrogens is 3. The molecule has 0 unspecified atom stereocenters. The molecule has 1 fully saturated rings. The van der Waals surface area contributed by atoms with Crippen molar-refractivity contribution < 1.29 is 19.8 Å². The molecule has 3 heterocycles. The highest BCUT2D eigenvalue weighted by atomic mass is 16.4. The molecular formula is C18H26N4O4. The predicted molar refractivity (Wildman–Crippen MR) is 94.8 cm³/mol. The van der Waals surface area contributed by atoms with Crippen LogP contribution in [0.2, 0.25) is 0 Å². The molecule has 8 nitrogen and oxygen atoms in total. The monoisotopic (exact) mass is 362 g/mol. The number of carbonyl (C=O) groups excluding carboxylic acids is 1. The van der Waals surface area contributed by atoms with E-state index in [1.807, 2.05) is 31.7 Å². The van der Waals surface area contributed by atoms with Crippen molar-refractivity contribution in [2.75, 3.05) is 13.1 Å². The van der Waals surface area contributed by atoms with E-state index in [2.05, 4.69) is 5.10 Å². The van der Waals surface area contributed by atoms with Crippen LogP contribution in [0.1, 0.15) is 43.5 Å². The van der Waals surface area contributed by atoms with Gasteiger partial charge in [0.2, 0.25) is 0 Å². The van der Waals surface area contributed by atoms with Crippen molar-refractivity contribution in [2.45, 2.75) is 39.2 Å². The van der Waals surface area contributed by atoms with Crippen LogP contribution in [0.15, 0.2) is 18.6 Å². The van der Waals surface area contributed by atoms with Crippen LogP contribution in [-0.4, -0.2) is 60.4 Å². The number of fused-ring (bicyclic) bond motifs is 1. The predicted octanol–water partition coefficient (Wildman–Crippen LogP) is 1.39. The fourth-order valence-electron chi connectivity index (χ4n) is 3.73. The van der Waals surface area contributed by atoms with E-state index in [-0.39, 0.29) is 18.9 Å². The molecule has 2 aromatic rings. The number of rotatable bonds is 5. The van der Waals surface area contributed by atoms with E-state index in [4.69, 9.17) is 0 Å². The van der Waals surface area contributed by atoms with Crippen molar-refractivity contribution in [1.82, 2.24) is 19.1 Å². The lowest BCUT2D eigenvalue weighted by Crippen LogP contribution is -2.57. The number of amides is 1. The van der Waals surface area contributed by atoms with E-state index in [0.717, 1.165) is 0 Å². The molecule has 142 valence electrons. The van der Waals surface area contributed by atoms with Crippen molar-refractivity contribution in [2.24, 2.45) is 18.4 Å². The molecule has 1 aliphatic heterocycles. The topological polar surface area (TPSA) is 100 Å². The van der Waals surface area contributed by atoms with Crippen molar-refractivity contribution in [1.29, 1.82) is 0 Å². The van der Waals surface area contributed by atoms with Crippen molar-refractivity contribution in [3.63, 3.8) is 0 Å². The minimum Gasteiger partial charge on any atom is -0.481 e. The van der Waals surface area contributed by atoms with E-state index in [0.29, 0.717) is 36.5 Å². The van der Waals surface area contributed by atoms with Gasteiger partial charge < -0.3 is 19.7 Å². The third-order valence-corrected chi connectivity index (χ3v) is 5.43. The average Bonchev–Trinajstić information content (AvgIpc) is 3.16. The first-order chi connectivity index (χ1) is 12.3. The Bertz CT molecular complexity index is 824. The van der Waals surface area contributed by atoms with Crippen LogP contribution in [0.4, 0.5) is 0 Å². The molecule has 0 spiro atoms. The minimum absolute atomic E-state index is 0.0107. The minimum atomic E-state index is -1.32. The number of aryl methyl sites for hydroxylation is 1. The number of hydrogen-bond acceptors (Lipinski definition) is 4. The average molecular weight is 362 g/mol. The second-order valence-corrected chi connectivity index (χ2v) is 7.66. The SMILES string of the molecule is CC(C)CC[C@@]1(C(=O)O)CN(C(=O)c2cnn3ccn(C)c23)CC[C@@H]1O. The third kappa shape index (κ3) is 2.98. The normalized spacial score (nSPS) is 23.7. The number of piperidine rings is 1. The second kappa shape index (κ2) is 6.75. The van der Waals surface area contributed by atoms with Gasteiger partial charge in [-0.05, 0) is 25.2 Å². The number of aliphatic hydroxyl groups excluding tert-OH is 1. The summed E-state index contributed by atoms with van der Waals surface area (Å²) in [5.74, 6) is -0.964. The molecule has 0 aliphatic carbocycles. The Morgan fingerprint density at radius 1 is 1.38 bits per heavy atom. The highest BCUT2D eigenvalue weighted by Gasteiger charge is 2.50. The molecular weight excluding hydrogens is 336 g/mol. The van der Waals surface area contributed by atoms with Crippen molar-refractivity contribution in [3.05, 3.63) is 24.2 Å². The van der Waals surface area contributed by atoms with E-state index < -0.39 is 17.5 Å². The van der Waals surface area contributed by atoms with Crippen LogP contribution in [-0.2, 0) is 11.8 Å². The Labute approximate surface area is 152 Å². The van der Waals surface area contributed by atoms with E-state index in [9.17, 15) is 19.8 Å². The van der Waals surface area contributed by atoms with E-state index >= 15 is 0 Å². The highest BCUT2D eigenvalue weighted by Crippen LogP contribution is 2.37. The Morgan fingerprint density at radius 3 is 2.77 bits per heavy atom. The first-order valence-corrected chi connectivity index (χ1v) is 8.95. The van der Waals surface area contributed by atoms with Gasteiger partial charge in [0.05, 0.1) is 12.3 Å². The quantitative estimate of drug-likeness (QED) is 0.837. The summed E-state index contributed by atoms with van der Waals surface area (Å²) in [4.78, 5) is 26.7. The summed E-state index contributed by atoms with van der Waals surface area (Å²) in [5.41, 5.74) is -0.208. The molecule has 0 aromatic carbocycles. The molecule has 0 saturated carbocycles. The lowest BCUT2D eigenvalue weighted by Gasteiger charge is -2.43. The molecule has 0 bridgehead atoms. The van der Waals surface area contributed by atoms with Crippen LogP contribution in [0, 0.1) is 11.3 Å². The molecule has 1 aliphatic rings. The van der Waals surface area contributed by atoms with Crippen LogP contribution >= 0.6 is 0 Å². The number of carboxylic acid groups (broad SMARTS) is 1. The number of imidazole rings is 1. The van der Waals surface area contributed by atoms with Crippen LogP contribution in [0.3, 0.4) is 0 Å². The summed E-state index contributed by atoms with van der Waals surface area (Å²) in [7, 11) is 1.83. The lowest BCUT2D eigenvalue weighted by atomic mass is 9.72. The van der Waals surface area contributed by atoms with Crippen LogP contribution < -0.4 is 0 Å². The maximum atomic E-state index is 13.1. The second-order valence-electron chi connectivity index (χ2n) is 7.66. The molecule has 0 radical (unpaired) electrons.